The minimum atomic E-state index is 0.634. The van der Waals surface area contributed by atoms with Crippen LogP contribution in [0.5, 0.6) is 0 Å². The summed E-state index contributed by atoms with van der Waals surface area (Å²) in [6, 6.07) is 8.31. The Morgan fingerprint density at radius 1 is 1.41 bits per heavy atom. The van der Waals surface area contributed by atoms with E-state index in [0.717, 1.165) is 25.3 Å². The summed E-state index contributed by atoms with van der Waals surface area (Å²) in [5.41, 5.74) is 8.39. The first kappa shape index (κ1) is 16.6. The monoisotopic (exact) mass is 304 g/mol. The number of piperidine rings is 1. The van der Waals surface area contributed by atoms with Gasteiger partial charge in [0.15, 0.2) is 5.96 Å². The molecule has 1 saturated heterocycles. The van der Waals surface area contributed by atoms with Crippen LogP contribution in [0, 0.1) is 5.92 Å². The Hall–Kier alpha value is -1.75. The number of ether oxygens (including phenoxy) is 1. The molecule has 0 amide bonds. The van der Waals surface area contributed by atoms with Gasteiger partial charge in [-0.2, -0.15) is 0 Å². The van der Waals surface area contributed by atoms with Crippen LogP contribution in [0.2, 0.25) is 0 Å². The number of methoxy groups -OCH3 is 1. The molecule has 0 aromatic heterocycles. The van der Waals surface area contributed by atoms with Crippen LogP contribution in [0.15, 0.2) is 29.3 Å². The van der Waals surface area contributed by atoms with Crippen LogP contribution in [0.4, 0.5) is 5.69 Å². The fraction of sp³-hybridized carbons (Fsp3) is 0.588. The standard InChI is InChI=1S/C17H28N4O/c1-14-4-3-10-21(13-14)17(18)20-12-15-5-7-16(8-6-15)19-9-11-22-2/h5-8,14,19H,3-4,9-13H2,1-2H3,(H2,18,20). The van der Waals surface area contributed by atoms with Crippen molar-refractivity contribution in [2.24, 2.45) is 16.6 Å². The second kappa shape index (κ2) is 8.63. The Morgan fingerprint density at radius 2 is 2.18 bits per heavy atom. The van der Waals surface area contributed by atoms with Gasteiger partial charge in [0.2, 0.25) is 0 Å². The van der Waals surface area contributed by atoms with Gasteiger partial charge in [-0.15, -0.1) is 0 Å². The van der Waals surface area contributed by atoms with E-state index < -0.39 is 0 Å². The van der Waals surface area contributed by atoms with Crippen molar-refractivity contribution in [3.05, 3.63) is 29.8 Å². The zero-order valence-electron chi connectivity index (χ0n) is 13.7. The molecule has 0 bridgehead atoms. The number of aliphatic imine (C=N–C) groups is 1. The minimum Gasteiger partial charge on any atom is -0.383 e. The Morgan fingerprint density at radius 3 is 2.86 bits per heavy atom. The van der Waals surface area contributed by atoms with Gasteiger partial charge >= 0.3 is 0 Å². The minimum absolute atomic E-state index is 0.634. The highest BCUT2D eigenvalue weighted by atomic mass is 16.5. The molecule has 5 heteroatoms. The van der Waals surface area contributed by atoms with Gasteiger partial charge in [-0.05, 0) is 36.5 Å². The van der Waals surface area contributed by atoms with Crippen molar-refractivity contribution in [3.8, 4) is 0 Å². The van der Waals surface area contributed by atoms with Crippen molar-refractivity contribution >= 4 is 11.6 Å². The first-order valence-corrected chi connectivity index (χ1v) is 8.05. The van der Waals surface area contributed by atoms with E-state index in [4.69, 9.17) is 10.5 Å². The third-order valence-electron chi connectivity index (χ3n) is 3.99. The molecule has 0 saturated carbocycles. The average molecular weight is 304 g/mol. The van der Waals surface area contributed by atoms with E-state index in [-0.39, 0.29) is 0 Å². The molecule has 122 valence electrons. The van der Waals surface area contributed by atoms with Gasteiger partial charge in [-0.3, -0.25) is 0 Å². The molecule has 1 heterocycles. The van der Waals surface area contributed by atoms with E-state index in [0.29, 0.717) is 25.0 Å². The normalized spacial score (nSPS) is 19.3. The number of nitrogens with zero attached hydrogens (tertiary/aromatic N) is 2. The first-order valence-electron chi connectivity index (χ1n) is 8.05. The van der Waals surface area contributed by atoms with Crippen molar-refractivity contribution in [2.75, 3.05) is 38.7 Å². The number of hydrogen-bond donors (Lipinski definition) is 2. The molecule has 1 fully saturated rings. The SMILES string of the molecule is COCCNc1ccc(CN=C(N)N2CCCC(C)C2)cc1. The number of likely N-dealkylation sites (tertiary alicyclic amines) is 1. The lowest BCUT2D eigenvalue weighted by atomic mass is 10.0. The molecular formula is C17H28N4O. The number of nitrogens with two attached hydrogens (primary N) is 1. The fourth-order valence-electron chi connectivity index (χ4n) is 2.70. The molecule has 22 heavy (non-hydrogen) atoms. The summed E-state index contributed by atoms with van der Waals surface area (Å²) in [6.45, 7) is 6.48. The molecule has 0 spiro atoms. The zero-order valence-corrected chi connectivity index (χ0v) is 13.7. The van der Waals surface area contributed by atoms with Gasteiger partial charge in [0.25, 0.3) is 0 Å². The Labute approximate surface area is 133 Å². The molecule has 0 radical (unpaired) electrons. The lowest BCUT2D eigenvalue weighted by molar-refractivity contribution is 0.211. The molecule has 1 aromatic carbocycles. The van der Waals surface area contributed by atoms with Crippen LogP contribution < -0.4 is 11.1 Å². The number of hydrogen-bond acceptors (Lipinski definition) is 3. The van der Waals surface area contributed by atoms with Gasteiger partial charge in [0.05, 0.1) is 13.2 Å². The summed E-state index contributed by atoms with van der Waals surface area (Å²) >= 11 is 0. The molecule has 5 nitrogen and oxygen atoms in total. The average Bonchev–Trinajstić information content (AvgIpc) is 2.54. The molecule has 3 N–H and O–H groups in total. The van der Waals surface area contributed by atoms with Crippen LogP contribution in [0.3, 0.4) is 0 Å². The maximum absolute atomic E-state index is 6.12. The molecule has 1 aromatic rings. The zero-order chi connectivity index (χ0) is 15.8. The summed E-state index contributed by atoms with van der Waals surface area (Å²) in [7, 11) is 1.70. The predicted molar refractivity (Wildman–Crippen MR) is 92.1 cm³/mol. The molecule has 0 aliphatic carbocycles. The summed E-state index contributed by atoms with van der Waals surface area (Å²) in [4.78, 5) is 6.74. The second-order valence-corrected chi connectivity index (χ2v) is 5.98. The van der Waals surface area contributed by atoms with Gasteiger partial charge in [0, 0.05) is 32.4 Å². The van der Waals surface area contributed by atoms with E-state index in [1.54, 1.807) is 7.11 Å². The quantitative estimate of drug-likeness (QED) is 0.481. The topological polar surface area (TPSA) is 62.9 Å². The number of anilines is 1. The van der Waals surface area contributed by atoms with Gasteiger partial charge in [-0.25, -0.2) is 4.99 Å². The van der Waals surface area contributed by atoms with Crippen LogP contribution in [0.1, 0.15) is 25.3 Å². The number of nitrogens with one attached hydrogen (secondary N) is 1. The highest BCUT2D eigenvalue weighted by Gasteiger charge is 2.17. The van der Waals surface area contributed by atoms with Crippen LogP contribution in [-0.4, -0.2) is 44.2 Å². The Bertz CT molecular complexity index is 472. The fourth-order valence-corrected chi connectivity index (χ4v) is 2.70. The van der Waals surface area contributed by atoms with Gasteiger partial charge in [-0.1, -0.05) is 19.1 Å². The maximum atomic E-state index is 6.12. The van der Waals surface area contributed by atoms with Crippen molar-refractivity contribution in [1.29, 1.82) is 0 Å². The summed E-state index contributed by atoms with van der Waals surface area (Å²) < 4.78 is 5.02. The molecule has 2 rings (SSSR count). The summed E-state index contributed by atoms with van der Waals surface area (Å²) in [5.74, 6) is 1.38. The highest BCUT2D eigenvalue weighted by molar-refractivity contribution is 5.78. The van der Waals surface area contributed by atoms with E-state index in [1.807, 2.05) is 0 Å². The maximum Gasteiger partial charge on any atom is 0.191 e. The largest absolute Gasteiger partial charge is 0.383 e. The third-order valence-corrected chi connectivity index (χ3v) is 3.99. The van der Waals surface area contributed by atoms with E-state index >= 15 is 0 Å². The second-order valence-electron chi connectivity index (χ2n) is 5.98. The number of rotatable bonds is 6. The Kier molecular flexibility index (Phi) is 6.52. The third kappa shape index (κ3) is 5.22. The number of guanidine groups is 1. The smallest absolute Gasteiger partial charge is 0.191 e. The summed E-state index contributed by atoms with van der Waals surface area (Å²) in [5, 5.41) is 3.30. The van der Waals surface area contributed by atoms with Crippen LogP contribution in [0.25, 0.3) is 0 Å². The molecule has 1 atom stereocenters. The number of benzene rings is 1. The van der Waals surface area contributed by atoms with Crippen molar-refractivity contribution in [1.82, 2.24) is 4.90 Å². The van der Waals surface area contributed by atoms with Crippen LogP contribution >= 0.6 is 0 Å². The lowest BCUT2D eigenvalue weighted by Gasteiger charge is -2.31. The first-order chi connectivity index (χ1) is 10.7. The van der Waals surface area contributed by atoms with Crippen molar-refractivity contribution in [2.45, 2.75) is 26.3 Å². The molecular weight excluding hydrogens is 276 g/mol. The van der Waals surface area contributed by atoms with Crippen molar-refractivity contribution in [3.63, 3.8) is 0 Å². The van der Waals surface area contributed by atoms with E-state index in [2.05, 4.69) is 46.4 Å². The van der Waals surface area contributed by atoms with E-state index in [1.165, 1.54) is 18.4 Å². The predicted octanol–water partition coefficient (Wildman–Crippen LogP) is 2.29. The molecule has 1 unspecified atom stereocenters. The highest BCUT2D eigenvalue weighted by Crippen LogP contribution is 2.15. The van der Waals surface area contributed by atoms with Crippen molar-refractivity contribution < 1.29 is 4.74 Å². The molecule has 1 aliphatic rings. The van der Waals surface area contributed by atoms with E-state index in [9.17, 15) is 0 Å². The molecule has 1 aliphatic heterocycles. The Balaban J connectivity index is 1.83. The lowest BCUT2D eigenvalue weighted by Crippen LogP contribution is -2.43. The van der Waals surface area contributed by atoms with Gasteiger partial charge in [0.1, 0.15) is 0 Å². The van der Waals surface area contributed by atoms with Gasteiger partial charge < -0.3 is 20.7 Å². The van der Waals surface area contributed by atoms with Crippen LogP contribution in [-0.2, 0) is 11.3 Å². The summed E-state index contributed by atoms with van der Waals surface area (Å²) in [6.07, 6.45) is 2.50.